The molecule has 2 aromatic carbocycles. The van der Waals surface area contributed by atoms with Crippen molar-refractivity contribution in [1.82, 2.24) is 10.6 Å². The third kappa shape index (κ3) is 6.50. The SMILES string of the molecule is C#Cc1cccc(NC(=O)CNC(=NCc2cccc(Cl)c2)NCC)c1. The van der Waals surface area contributed by atoms with Gasteiger partial charge in [-0.05, 0) is 42.8 Å². The highest BCUT2D eigenvalue weighted by molar-refractivity contribution is 6.30. The van der Waals surface area contributed by atoms with E-state index in [0.29, 0.717) is 35.3 Å². The number of carbonyl (C=O) groups excluding carboxylic acids is 1. The average molecular weight is 369 g/mol. The Morgan fingerprint density at radius 3 is 2.73 bits per heavy atom. The van der Waals surface area contributed by atoms with Gasteiger partial charge in [-0.1, -0.05) is 35.7 Å². The fourth-order valence-corrected chi connectivity index (χ4v) is 2.42. The Morgan fingerprint density at radius 2 is 2.00 bits per heavy atom. The van der Waals surface area contributed by atoms with Gasteiger partial charge < -0.3 is 16.0 Å². The van der Waals surface area contributed by atoms with Gasteiger partial charge in [0.15, 0.2) is 5.96 Å². The highest BCUT2D eigenvalue weighted by Crippen LogP contribution is 2.11. The van der Waals surface area contributed by atoms with Crippen LogP contribution >= 0.6 is 11.6 Å². The van der Waals surface area contributed by atoms with Crippen LogP contribution in [0.2, 0.25) is 5.02 Å². The Hall–Kier alpha value is -2.97. The van der Waals surface area contributed by atoms with Crippen molar-refractivity contribution in [2.45, 2.75) is 13.5 Å². The average Bonchev–Trinajstić information content (AvgIpc) is 2.64. The van der Waals surface area contributed by atoms with Crippen LogP contribution in [0.3, 0.4) is 0 Å². The number of amides is 1. The van der Waals surface area contributed by atoms with Crippen molar-refractivity contribution in [2.75, 3.05) is 18.4 Å². The Kier molecular flexibility index (Phi) is 7.53. The van der Waals surface area contributed by atoms with Gasteiger partial charge in [-0.15, -0.1) is 6.42 Å². The van der Waals surface area contributed by atoms with Crippen molar-refractivity contribution >= 4 is 29.2 Å². The van der Waals surface area contributed by atoms with Crippen LogP contribution in [0.15, 0.2) is 53.5 Å². The van der Waals surface area contributed by atoms with Crippen LogP contribution in [0.5, 0.6) is 0 Å². The summed E-state index contributed by atoms with van der Waals surface area (Å²) in [4.78, 5) is 16.6. The summed E-state index contributed by atoms with van der Waals surface area (Å²) in [6.07, 6.45) is 5.36. The van der Waals surface area contributed by atoms with Gasteiger partial charge in [-0.3, -0.25) is 4.79 Å². The lowest BCUT2D eigenvalue weighted by Gasteiger charge is -2.12. The lowest BCUT2D eigenvalue weighted by molar-refractivity contribution is -0.115. The minimum Gasteiger partial charge on any atom is -0.357 e. The van der Waals surface area contributed by atoms with Crippen LogP contribution in [0.25, 0.3) is 0 Å². The third-order valence-corrected chi connectivity index (χ3v) is 3.62. The van der Waals surface area contributed by atoms with Gasteiger partial charge in [0.05, 0.1) is 13.1 Å². The second-order valence-electron chi connectivity index (χ2n) is 5.45. The summed E-state index contributed by atoms with van der Waals surface area (Å²) < 4.78 is 0. The number of nitrogens with one attached hydrogen (secondary N) is 3. The monoisotopic (exact) mass is 368 g/mol. The summed E-state index contributed by atoms with van der Waals surface area (Å²) in [5.41, 5.74) is 2.37. The standard InChI is InChI=1S/C20H21ClN4O/c1-3-15-7-6-10-18(12-15)25-19(26)14-24-20(22-4-2)23-13-16-8-5-9-17(21)11-16/h1,5-12H,4,13-14H2,2H3,(H,25,26)(H2,22,23,24). The van der Waals surface area contributed by atoms with E-state index in [9.17, 15) is 4.79 Å². The molecule has 0 aromatic heterocycles. The first-order valence-electron chi connectivity index (χ1n) is 8.24. The maximum absolute atomic E-state index is 12.1. The van der Waals surface area contributed by atoms with E-state index in [4.69, 9.17) is 18.0 Å². The summed E-state index contributed by atoms with van der Waals surface area (Å²) in [6, 6.07) is 14.6. The van der Waals surface area contributed by atoms with E-state index in [2.05, 4.69) is 26.9 Å². The van der Waals surface area contributed by atoms with E-state index >= 15 is 0 Å². The molecule has 0 radical (unpaired) electrons. The molecule has 26 heavy (non-hydrogen) atoms. The number of aliphatic imine (C=N–C) groups is 1. The number of anilines is 1. The highest BCUT2D eigenvalue weighted by atomic mass is 35.5. The Balaban J connectivity index is 1.91. The molecule has 0 bridgehead atoms. The van der Waals surface area contributed by atoms with Gasteiger partial charge >= 0.3 is 0 Å². The second kappa shape index (κ2) is 10.1. The van der Waals surface area contributed by atoms with Gasteiger partial charge in [0.25, 0.3) is 0 Å². The van der Waals surface area contributed by atoms with Crippen LogP contribution in [-0.4, -0.2) is 25.0 Å². The Labute approximate surface area is 158 Å². The number of terminal acetylenes is 1. The van der Waals surface area contributed by atoms with Crippen LogP contribution in [0, 0.1) is 12.3 Å². The first kappa shape index (κ1) is 19.4. The van der Waals surface area contributed by atoms with E-state index < -0.39 is 0 Å². The topological polar surface area (TPSA) is 65.5 Å². The van der Waals surface area contributed by atoms with Crippen LogP contribution < -0.4 is 16.0 Å². The first-order chi connectivity index (χ1) is 12.6. The smallest absolute Gasteiger partial charge is 0.243 e. The van der Waals surface area contributed by atoms with Gasteiger partial charge in [0, 0.05) is 22.8 Å². The fourth-order valence-electron chi connectivity index (χ4n) is 2.20. The zero-order valence-corrected chi connectivity index (χ0v) is 15.3. The fraction of sp³-hybridized carbons (Fsp3) is 0.200. The molecule has 0 saturated carbocycles. The molecule has 0 heterocycles. The van der Waals surface area contributed by atoms with E-state index in [1.807, 2.05) is 31.2 Å². The molecule has 134 valence electrons. The molecule has 0 aliphatic carbocycles. The zero-order chi connectivity index (χ0) is 18.8. The minimum absolute atomic E-state index is 0.0850. The van der Waals surface area contributed by atoms with Crippen molar-refractivity contribution in [3.63, 3.8) is 0 Å². The number of hydrogen-bond donors (Lipinski definition) is 3. The van der Waals surface area contributed by atoms with Crippen LogP contribution in [0.1, 0.15) is 18.1 Å². The second-order valence-corrected chi connectivity index (χ2v) is 5.89. The van der Waals surface area contributed by atoms with E-state index in [1.54, 1.807) is 24.3 Å². The molecular weight excluding hydrogens is 348 g/mol. The van der Waals surface area contributed by atoms with Gasteiger partial charge in [-0.25, -0.2) is 4.99 Å². The summed E-state index contributed by atoms with van der Waals surface area (Å²) in [6.45, 7) is 3.19. The number of rotatable bonds is 6. The molecule has 2 rings (SSSR count). The molecule has 0 fully saturated rings. The quantitative estimate of drug-likeness (QED) is 0.417. The van der Waals surface area contributed by atoms with Crippen molar-refractivity contribution in [1.29, 1.82) is 0 Å². The molecule has 0 atom stereocenters. The van der Waals surface area contributed by atoms with Crippen molar-refractivity contribution in [3.05, 3.63) is 64.7 Å². The van der Waals surface area contributed by atoms with Crippen molar-refractivity contribution in [3.8, 4) is 12.3 Å². The van der Waals surface area contributed by atoms with E-state index in [0.717, 1.165) is 5.56 Å². The summed E-state index contributed by atoms with van der Waals surface area (Å²) in [7, 11) is 0. The summed E-state index contributed by atoms with van der Waals surface area (Å²) in [5.74, 6) is 2.91. The zero-order valence-electron chi connectivity index (χ0n) is 14.6. The highest BCUT2D eigenvalue weighted by Gasteiger charge is 2.05. The normalized spacial score (nSPS) is 10.7. The molecule has 1 amide bonds. The number of halogens is 1. The van der Waals surface area contributed by atoms with Gasteiger partial charge in [0.1, 0.15) is 0 Å². The number of nitrogens with zero attached hydrogens (tertiary/aromatic N) is 1. The largest absolute Gasteiger partial charge is 0.357 e. The maximum atomic E-state index is 12.1. The molecule has 0 saturated heterocycles. The number of benzene rings is 2. The summed E-state index contributed by atoms with van der Waals surface area (Å²) >= 11 is 5.98. The van der Waals surface area contributed by atoms with E-state index in [1.165, 1.54) is 0 Å². The lowest BCUT2D eigenvalue weighted by Crippen LogP contribution is -2.41. The number of guanidine groups is 1. The Morgan fingerprint density at radius 1 is 1.19 bits per heavy atom. The molecule has 0 aliphatic rings. The van der Waals surface area contributed by atoms with Gasteiger partial charge in [0.2, 0.25) is 5.91 Å². The maximum Gasteiger partial charge on any atom is 0.243 e. The molecule has 0 unspecified atom stereocenters. The molecule has 3 N–H and O–H groups in total. The predicted octanol–water partition coefficient (Wildman–Crippen LogP) is 3.02. The first-order valence-corrected chi connectivity index (χ1v) is 8.61. The minimum atomic E-state index is -0.187. The number of carbonyl (C=O) groups is 1. The van der Waals surface area contributed by atoms with Crippen LogP contribution in [0.4, 0.5) is 5.69 Å². The van der Waals surface area contributed by atoms with Gasteiger partial charge in [-0.2, -0.15) is 0 Å². The number of hydrogen-bond acceptors (Lipinski definition) is 2. The molecular formula is C20H21ClN4O. The van der Waals surface area contributed by atoms with Crippen molar-refractivity contribution < 1.29 is 4.79 Å². The lowest BCUT2D eigenvalue weighted by atomic mass is 10.2. The molecule has 0 aliphatic heterocycles. The van der Waals surface area contributed by atoms with E-state index in [-0.39, 0.29) is 12.5 Å². The molecule has 5 nitrogen and oxygen atoms in total. The molecule has 0 spiro atoms. The van der Waals surface area contributed by atoms with Crippen molar-refractivity contribution in [2.24, 2.45) is 4.99 Å². The van der Waals surface area contributed by atoms with Crippen LogP contribution in [-0.2, 0) is 11.3 Å². The summed E-state index contributed by atoms with van der Waals surface area (Å²) in [5, 5.41) is 9.58. The predicted molar refractivity (Wildman–Crippen MR) is 107 cm³/mol. The third-order valence-electron chi connectivity index (χ3n) is 3.38. The molecule has 6 heteroatoms. The molecule has 2 aromatic rings. The Bertz CT molecular complexity index is 827.